The van der Waals surface area contributed by atoms with Crippen molar-refractivity contribution < 1.29 is 19.4 Å². The van der Waals surface area contributed by atoms with Gasteiger partial charge in [0, 0.05) is 13.5 Å². The van der Waals surface area contributed by atoms with Crippen molar-refractivity contribution in [2.24, 2.45) is 7.05 Å². The van der Waals surface area contributed by atoms with Crippen LogP contribution < -0.4 is 5.32 Å². The van der Waals surface area contributed by atoms with E-state index in [1.165, 1.54) is 4.68 Å². The smallest absolute Gasteiger partial charge is 0.408 e. The Hall–Kier alpha value is -2.12. The Labute approximate surface area is 117 Å². The number of aliphatic carboxylic acids is 1. The van der Waals surface area contributed by atoms with Gasteiger partial charge in [0.2, 0.25) is 0 Å². The second-order valence-electron chi connectivity index (χ2n) is 5.44. The second kappa shape index (κ2) is 5.89. The van der Waals surface area contributed by atoms with Crippen LogP contribution in [-0.2, 0) is 23.0 Å². The number of carbonyl (C=O) groups is 2. The molecule has 8 heteroatoms. The number of carboxylic acids is 1. The van der Waals surface area contributed by atoms with Crippen LogP contribution in [-0.4, -0.2) is 43.6 Å². The predicted molar refractivity (Wildman–Crippen MR) is 70.2 cm³/mol. The first-order valence-electron chi connectivity index (χ1n) is 6.17. The van der Waals surface area contributed by atoms with Crippen LogP contribution in [0.3, 0.4) is 0 Å². The number of ether oxygens (including phenoxy) is 1. The van der Waals surface area contributed by atoms with Crippen LogP contribution in [0.5, 0.6) is 0 Å². The Morgan fingerprint density at radius 1 is 1.45 bits per heavy atom. The Kier molecular flexibility index (Phi) is 4.69. The Morgan fingerprint density at radius 2 is 2.05 bits per heavy atom. The van der Waals surface area contributed by atoms with Crippen LogP contribution in [0.15, 0.2) is 0 Å². The molecule has 1 unspecified atom stereocenters. The van der Waals surface area contributed by atoms with E-state index in [1.54, 1.807) is 34.7 Å². The van der Waals surface area contributed by atoms with E-state index in [0.29, 0.717) is 11.6 Å². The van der Waals surface area contributed by atoms with E-state index < -0.39 is 23.7 Å². The molecule has 0 aliphatic heterocycles. The monoisotopic (exact) mass is 284 g/mol. The van der Waals surface area contributed by atoms with Gasteiger partial charge in [-0.05, 0) is 27.7 Å². The summed E-state index contributed by atoms with van der Waals surface area (Å²) in [5.41, 5.74) is -0.686. The van der Waals surface area contributed by atoms with Crippen LogP contribution in [0.4, 0.5) is 4.79 Å². The Balaban J connectivity index is 2.73. The van der Waals surface area contributed by atoms with E-state index >= 15 is 0 Å². The molecule has 2 N–H and O–H groups in total. The molecule has 1 heterocycles. The minimum atomic E-state index is -1.16. The zero-order valence-electron chi connectivity index (χ0n) is 12.3. The third-order valence-corrected chi connectivity index (χ3v) is 2.33. The highest BCUT2D eigenvalue weighted by molar-refractivity contribution is 5.80. The number of nitrogens with zero attached hydrogens (tertiary/aromatic N) is 3. The van der Waals surface area contributed by atoms with Crippen LogP contribution in [0.25, 0.3) is 0 Å². The highest BCUT2D eigenvalue weighted by Gasteiger charge is 2.25. The van der Waals surface area contributed by atoms with Crippen molar-refractivity contribution in [3.63, 3.8) is 0 Å². The summed E-state index contributed by atoms with van der Waals surface area (Å²) in [6.07, 6.45) is -0.741. The lowest BCUT2D eigenvalue weighted by atomic mass is 10.2. The van der Waals surface area contributed by atoms with Crippen LogP contribution >= 0.6 is 0 Å². The number of carbonyl (C=O) groups excluding carboxylic acids is 1. The van der Waals surface area contributed by atoms with Gasteiger partial charge >= 0.3 is 12.1 Å². The summed E-state index contributed by atoms with van der Waals surface area (Å²) < 4.78 is 6.52. The van der Waals surface area contributed by atoms with Gasteiger partial charge in [-0.15, -0.1) is 0 Å². The molecule has 1 atom stereocenters. The zero-order valence-corrected chi connectivity index (χ0v) is 12.3. The van der Waals surface area contributed by atoms with Crippen molar-refractivity contribution in [2.75, 3.05) is 0 Å². The van der Waals surface area contributed by atoms with Crippen molar-refractivity contribution >= 4 is 12.1 Å². The number of hydrogen-bond acceptors (Lipinski definition) is 5. The zero-order chi connectivity index (χ0) is 15.5. The minimum absolute atomic E-state index is 0.0336. The van der Waals surface area contributed by atoms with Crippen molar-refractivity contribution in [1.82, 2.24) is 20.1 Å². The summed E-state index contributed by atoms with van der Waals surface area (Å²) in [5, 5.41) is 15.5. The second-order valence-corrected chi connectivity index (χ2v) is 5.44. The molecule has 1 amide bonds. The van der Waals surface area contributed by atoms with Crippen LogP contribution in [0.1, 0.15) is 32.4 Å². The molecular formula is C12H20N4O4. The number of rotatable bonds is 4. The van der Waals surface area contributed by atoms with Gasteiger partial charge in [-0.3, -0.25) is 4.68 Å². The fourth-order valence-electron chi connectivity index (χ4n) is 1.57. The molecule has 0 spiro atoms. The van der Waals surface area contributed by atoms with Crippen molar-refractivity contribution in [3.05, 3.63) is 11.6 Å². The lowest BCUT2D eigenvalue weighted by Gasteiger charge is -2.21. The van der Waals surface area contributed by atoms with Crippen molar-refractivity contribution in [2.45, 2.75) is 45.8 Å². The van der Waals surface area contributed by atoms with Crippen LogP contribution in [0.2, 0.25) is 0 Å². The maximum Gasteiger partial charge on any atom is 0.408 e. The first-order valence-corrected chi connectivity index (χ1v) is 6.17. The largest absolute Gasteiger partial charge is 0.480 e. The number of alkyl carbamates (subject to hydrolysis) is 1. The first kappa shape index (κ1) is 15.9. The molecule has 112 valence electrons. The summed E-state index contributed by atoms with van der Waals surface area (Å²) in [4.78, 5) is 26.9. The van der Waals surface area contributed by atoms with Gasteiger partial charge in [0.15, 0.2) is 0 Å². The number of aryl methyl sites for hydroxylation is 2. The molecule has 1 rings (SSSR count). The Morgan fingerprint density at radius 3 is 2.45 bits per heavy atom. The molecule has 20 heavy (non-hydrogen) atoms. The molecule has 0 radical (unpaired) electrons. The topological polar surface area (TPSA) is 106 Å². The molecule has 0 saturated carbocycles. The number of aromatic nitrogens is 3. The van der Waals surface area contributed by atoms with E-state index in [2.05, 4.69) is 15.4 Å². The maximum atomic E-state index is 11.6. The van der Waals surface area contributed by atoms with E-state index in [9.17, 15) is 9.59 Å². The lowest BCUT2D eigenvalue weighted by Crippen LogP contribution is -2.45. The van der Waals surface area contributed by atoms with Gasteiger partial charge in [0.1, 0.15) is 23.3 Å². The predicted octanol–water partition coefficient (Wildman–Crippen LogP) is 0.644. The van der Waals surface area contributed by atoms with Gasteiger partial charge in [-0.2, -0.15) is 5.10 Å². The third kappa shape index (κ3) is 4.87. The molecular weight excluding hydrogens is 264 g/mol. The fraction of sp³-hybridized carbons (Fsp3) is 0.667. The normalized spacial score (nSPS) is 12.8. The standard InChI is InChI=1S/C12H20N4O4/c1-7-13-9(16(5)15-7)6-8(10(17)18)14-11(19)20-12(2,3)4/h8H,6H2,1-5H3,(H,14,19)(H,17,18). The number of hydrogen-bond donors (Lipinski definition) is 2. The maximum absolute atomic E-state index is 11.6. The van der Waals surface area contributed by atoms with Gasteiger partial charge in [0.25, 0.3) is 0 Å². The van der Waals surface area contributed by atoms with E-state index in [4.69, 9.17) is 9.84 Å². The highest BCUT2D eigenvalue weighted by atomic mass is 16.6. The third-order valence-electron chi connectivity index (χ3n) is 2.33. The lowest BCUT2D eigenvalue weighted by molar-refractivity contribution is -0.139. The SMILES string of the molecule is Cc1nc(CC(NC(=O)OC(C)(C)C)C(=O)O)n(C)n1. The molecule has 1 aromatic rings. The summed E-state index contributed by atoms with van der Waals surface area (Å²) in [5.74, 6) is -0.133. The summed E-state index contributed by atoms with van der Waals surface area (Å²) in [6, 6.07) is -1.12. The van der Waals surface area contributed by atoms with Crippen molar-refractivity contribution in [1.29, 1.82) is 0 Å². The summed E-state index contributed by atoms with van der Waals surface area (Å²) >= 11 is 0. The van der Waals surface area contributed by atoms with Gasteiger partial charge in [-0.25, -0.2) is 14.6 Å². The first-order chi connectivity index (χ1) is 9.08. The summed E-state index contributed by atoms with van der Waals surface area (Å²) in [7, 11) is 1.67. The average Bonchev–Trinajstić information content (AvgIpc) is 2.53. The van der Waals surface area contributed by atoms with Crippen molar-refractivity contribution in [3.8, 4) is 0 Å². The molecule has 0 aliphatic rings. The van der Waals surface area contributed by atoms with Crippen LogP contribution in [0, 0.1) is 6.92 Å². The summed E-state index contributed by atoms with van der Waals surface area (Å²) in [6.45, 7) is 6.82. The number of carboxylic acid groups (broad SMARTS) is 1. The molecule has 0 aliphatic carbocycles. The molecule has 0 bridgehead atoms. The van der Waals surface area contributed by atoms with Gasteiger partial charge < -0.3 is 15.2 Å². The Bertz CT molecular complexity index is 504. The average molecular weight is 284 g/mol. The van der Waals surface area contributed by atoms with Gasteiger partial charge in [0.05, 0.1) is 0 Å². The number of amides is 1. The molecule has 8 nitrogen and oxygen atoms in total. The van der Waals surface area contributed by atoms with E-state index in [-0.39, 0.29) is 6.42 Å². The van der Waals surface area contributed by atoms with E-state index in [1.807, 2.05) is 0 Å². The molecule has 1 aromatic heterocycles. The molecule has 0 aromatic carbocycles. The quantitative estimate of drug-likeness (QED) is 0.840. The molecule has 0 fully saturated rings. The minimum Gasteiger partial charge on any atom is -0.480 e. The van der Waals surface area contributed by atoms with Gasteiger partial charge in [-0.1, -0.05) is 0 Å². The highest BCUT2D eigenvalue weighted by Crippen LogP contribution is 2.08. The number of nitrogens with one attached hydrogen (secondary N) is 1. The van der Waals surface area contributed by atoms with E-state index in [0.717, 1.165) is 0 Å². The molecule has 0 saturated heterocycles. The fourth-order valence-corrected chi connectivity index (χ4v) is 1.57.